The van der Waals surface area contributed by atoms with E-state index in [0.717, 1.165) is 44.0 Å². The topological polar surface area (TPSA) is 60.5 Å². The second-order valence-electron chi connectivity index (χ2n) is 7.42. The number of carbonyl (C=O) groups is 1. The molecule has 0 unspecified atom stereocenters. The third-order valence-electron chi connectivity index (χ3n) is 5.50. The van der Waals surface area contributed by atoms with Crippen LogP contribution in [0.15, 0.2) is 42.5 Å². The Morgan fingerprint density at radius 3 is 2.13 bits per heavy atom. The molecule has 1 fully saturated rings. The lowest BCUT2D eigenvalue weighted by molar-refractivity contribution is -0.132. The van der Waals surface area contributed by atoms with E-state index in [1.807, 2.05) is 47.4 Å². The van der Waals surface area contributed by atoms with Crippen molar-refractivity contribution < 1.29 is 23.7 Å². The van der Waals surface area contributed by atoms with Gasteiger partial charge in [-0.15, -0.1) is 0 Å². The molecule has 1 aliphatic rings. The summed E-state index contributed by atoms with van der Waals surface area (Å²) in [5.41, 5.74) is 0.986. The van der Waals surface area contributed by atoms with Gasteiger partial charge in [0.25, 0.3) is 0 Å². The highest BCUT2D eigenvalue weighted by atomic mass is 16.5. The van der Waals surface area contributed by atoms with Crippen molar-refractivity contribution in [1.29, 1.82) is 0 Å². The maximum Gasteiger partial charge on any atom is 0.222 e. The van der Waals surface area contributed by atoms with E-state index in [-0.39, 0.29) is 5.91 Å². The second kappa shape index (κ2) is 11.5. The van der Waals surface area contributed by atoms with Crippen LogP contribution in [-0.2, 0) is 11.2 Å². The van der Waals surface area contributed by atoms with Gasteiger partial charge in [-0.1, -0.05) is 18.2 Å². The standard InChI is InChI=1S/C24H32N2O5/c1-28-21-17-19(18-22(29-2)24(21)30-3)9-10-23(27)26-13-11-25(12-14-26)15-16-31-20-7-5-4-6-8-20/h4-8,17-18H,9-16H2,1-3H3. The van der Waals surface area contributed by atoms with Crippen LogP contribution < -0.4 is 18.9 Å². The molecule has 0 bridgehead atoms. The monoisotopic (exact) mass is 428 g/mol. The molecule has 0 aliphatic carbocycles. The third-order valence-corrected chi connectivity index (χ3v) is 5.50. The number of aryl methyl sites for hydroxylation is 1. The average Bonchev–Trinajstić information content (AvgIpc) is 2.82. The van der Waals surface area contributed by atoms with Gasteiger partial charge < -0.3 is 23.8 Å². The van der Waals surface area contributed by atoms with E-state index in [1.165, 1.54) is 0 Å². The molecular formula is C24H32N2O5. The van der Waals surface area contributed by atoms with Crippen molar-refractivity contribution in [3.8, 4) is 23.0 Å². The second-order valence-corrected chi connectivity index (χ2v) is 7.42. The first-order chi connectivity index (χ1) is 15.1. The van der Waals surface area contributed by atoms with Crippen molar-refractivity contribution in [3.05, 3.63) is 48.0 Å². The van der Waals surface area contributed by atoms with E-state index in [1.54, 1.807) is 21.3 Å². The van der Waals surface area contributed by atoms with Crippen molar-refractivity contribution in [2.45, 2.75) is 12.8 Å². The molecule has 1 heterocycles. The van der Waals surface area contributed by atoms with E-state index in [0.29, 0.717) is 36.7 Å². The van der Waals surface area contributed by atoms with Crippen LogP contribution >= 0.6 is 0 Å². The predicted molar refractivity (Wildman–Crippen MR) is 119 cm³/mol. The number of ether oxygens (including phenoxy) is 4. The molecule has 0 saturated carbocycles. The van der Waals surface area contributed by atoms with Gasteiger partial charge in [-0.3, -0.25) is 9.69 Å². The van der Waals surface area contributed by atoms with Crippen LogP contribution in [0.5, 0.6) is 23.0 Å². The van der Waals surface area contributed by atoms with Gasteiger partial charge in [0.1, 0.15) is 12.4 Å². The van der Waals surface area contributed by atoms with Crippen LogP contribution in [-0.4, -0.2) is 76.4 Å². The first-order valence-electron chi connectivity index (χ1n) is 10.6. The Labute approximate surface area is 184 Å². The number of methoxy groups -OCH3 is 3. The van der Waals surface area contributed by atoms with Crippen LogP contribution in [0.3, 0.4) is 0 Å². The number of nitrogens with zero attached hydrogens (tertiary/aromatic N) is 2. The van der Waals surface area contributed by atoms with Gasteiger partial charge in [0.15, 0.2) is 11.5 Å². The molecular weight excluding hydrogens is 396 g/mol. The smallest absolute Gasteiger partial charge is 0.222 e. The highest BCUT2D eigenvalue weighted by molar-refractivity contribution is 5.76. The van der Waals surface area contributed by atoms with Gasteiger partial charge in [-0.2, -0.15) is 0 Å². The molecule has 0 spiro atoms. The normalized spacial score (nSPS) is 14.2. The highest BCUT2D eigenvalue weighted by Crippen LogP contribution is 2.38. The maximum absolute atomic E-state index is 12.7. The van der Waals surface area contributed by atoms with Gasteiger partial charge in [0.05, 0.1) is 21.3 Å². The first kappa shape index (κ1) is 22.7. The van der Waals surface area contributed by atoms with Crippen molar-refractivity contribution in [1.82, 2.24) is 9.80 Å². The van der Waals surface area contributed by atoms with Gasteiger partial charge in [-0.25, -0.2) is 0 Å². The minimum absolute atomic E-state index is 0.175. The molecule has 1 aliphatic heterocycles. The molecule has 0 atom stereocenters. The molecule has 2 aromatic carbocycles. The number of carbonyl (C=O) groups excluding carboxylic acids is 1. The number of amides is 1. The number of para-hydroxylation sites is 1. The Hall–Kier alpha value is -2.93. The zero-order chi connectivity index (χ0) is 22.1. The van der Waals surface area contributed by atoms with Crippen LogP contribution in [0.1, 0.15) is 12.0 Å². The van der Waals surface area contributed by atoms with Crippen LogP contribution in [0.4, 0.5) is 0 Å². The Morgan fingerprint density at radius 2 is 1.55 bits per heavy atom. The number of benzene rings is 2. The zero-order valence-corrected chi connectivity index (χ0v) is 18.6. The molecule has 0 aromatic heterocycles. The largest absolute Gasteiger partial charge is 0.493 e. The lowest BCUT2D eigenvalue weighted by Gasteiger charge is -2.34. The number of hydrogen-bond acceptors (Lipinski definition) is 6. The summed E-state index contributed by atoms with van der Waals surface area (Å²) in [7, 11) is 4.77. The summed E-state index contributed by atoms with van der Waals surface area (Å²) in [6.45, 7) is 4.75. The van der Waals surface area contributed by atoms with E-state index in [4.69, 9.17) is 18.9 Å². The molecule has 3 rings (SSSR count). The fraction of sp³-hybridized carbons (Fsp3) is 0.458. The van der Waals surface area contributed by atoms with E-state index >= 15 is 0 Å². The Morgan fingerprint density at radius 1 is 0.903 bits per heavy atom. The predicted octanol–water partition coefficient (Wildman–Crippen LogP) is 2.87. The molecule has 7 nitrogen and oxygen atoms in total. The van der Waals surface area contributed by atoms with E-state index in [9.17, 15) is 4.79 Å². The fourth-order valence-corrected chi connectivity index (χ4v) is 3.72. The first-order valence-corrected chi connectivity index (χ1v) is 10.6. The summed E-state index contributed by atoms with van der Waals surface area (Å²) in [6, 6.07) is 13.6. The molecule has 0 N–H and O–H groups in total. The van der Waals surface area contributed by atoms with Gasteiger partial charge in [-0.05, 0) is 36.2 Å². The highest BCUT2D eigenvalue weighted by Gasteiger charge is 2.21. The van der Waals surface area contributed by atoms with Crippen LogP contribution in [0, 0.1) is 0 Å². The summed E-state index contributed by atoms with van der Waals surface area (Å²) < 4.78 is 21.9. The van der Waals surface area contributed by atoms with E-state index < -0.39 is 0 Å². The quantitative estimate of drug-likeness (QED) is 0.580. The SMILES string of the molecule is COc1cc(CCC(=O)N2CCN(CCOc3ccccc3)CC2)cc(OC)c1OC. The maximum atomic E-state index is 12.7. The molecule has 1 saturated heterocycles. The van der Waals surface area contributed by atoms with Crippen molar-refractivity contribution in [2.24, 2.45) is 0 Å². The van der Waals surface area contributed by atoms with Crippen molar-refractivity contribution in [3.63, 3.8) is 0 Å². The van der Waals surface area contributed by atoms with Gasteiger partial charge in [0.2, 0.25) is 11.7 Å². The Balaban J connectivity index is 1.43. The summed E-state index contributed by atoms with van der Waals surface area (Å²) in [4.78, 5) is 17.0. The molecule has 168 valence electrons. The molecule has 2 aromatic rings. The van der Waals surface area contributed by atoms with E-state index in [2.05, 4.69) is 4.90 Å². The van der Waals surface area contributed by atoms with Gasteiger partial charge >= 0.3 is 0 Å². The van der Waals surface area contributed by atoms with Gasteiger partial charge in [0, 0.05) is 39.1 Å². The van der Waals surface area contributed by atoms with Crippen LogP contribution in [0.25, 0.3) is 0 Å². The third kappa shape index (κ3) is 6.28. The Kier molecular flexibility index (Phi) is 8.41. The summed E-state index contributed by atoms with van der Waals surface area (Å²) in [6.07, 6.45) is 1.08. The lowest BCUT2D eigenvalue weighted by Crippen LogP contribution is -2.49. The summed E-state index contributed by atoms with van der Waals surface area (Å²) in [5.74, 6) is 2.84. The number of hydrogen-bond donors (Lipinski definition) is 0. The molecule has 7 heteroatoms. The zero-order valence-electron chi connectivity index (χ0n) is 18.6. The molecule has 1 amide bonds. The van der Waals surface area contributed by atoms with Crippen molar-refractivity contribution >= 4 is 5.91 Å². The molecule has 31 heavy (non-hydrogen) atoms. The summed E-state index contributed by atoms with van der Waals surface area (Å²) in [5, 5.41) is 0. The fourth-order valence-electron chi connectivity index (χ4n) is 3.72. The van der Waals surface area contributed by atoms with Crippen LogP contribution in [0.2, 0.25) is 0 Å². The Bertz CT molecular complexity index is 810. The number of piperazine rings is 1. The lowest BCUT2D eigenvalue weighted by atomic mass is 10.1. The average molecular weight is 429 g/mol. The minimum atomic E-state index is 0.175. The van der Waals surface area contributed by atoms with Crippen molar-refractivity contribution in [2.75, 3.05) is 60.7 Å². The number of rotatable bonds is 10. The molecule has 0 radical (unpaired) electrons. The minimum Gasteiger partial charge on any atom is -0.493 e. The summed E-state index contributed by atoms with van der Waals surface area (Å²) >= 11 is 0.